The third-order valence-corrected chi connectivity index (χ3v) is 3.57. The van der Waals surface area contributed by atoms with Crippen LogP contribution in [0.5, 0.6) is 5.75 Å². The molecule has 0 unspecified atom stereocenters. The third-order valence-electron chi connectivity index (χ3n) is 2.13. The molecular weight excluding hydrogens is 258 g/mol. The number of carbonyl (C=O) groups is 1. The molecule has 0 aliphatic heterocycles. The van der Waals surface area contributed by atoms with Gasteiger partial charge in [0.2, 0.25) is 0 Å². The molecule has 7 heteroatoms. The van der Waals surface area contributed by atoms with Gasteiger partial charge in [-0.1, -0.05) is 0 Å². The van der Waals surface area contributed by atoms with Crippen molar-refractivity contribution in [2.24, 2.45) is 0 Å². The maximum absolute atomic E-state index is 11.6. The topological polar surface area (TPSA) is 104 Å². The molecule has 0 aliphatic rings. The van der Waals surface area contributed by atoms with Crippen molar-refractivity contribution in [1.29, 1.82) is 5.26 Å². The predicted molar refractivity (Wildman–Crippen MR) is 62.8 cm³/mol. The third kappa shape index (κ3) is 3.75. The molecule has 18 heavy (non-hydrogen) atoms. The first kappa shape index (κ1) is 14.0. The molecule has 1 N–H and O–H groups in total. The Kier molecular flexibility index (Phi) is 4.28. The number of ether oxygens (including phenoxy) is 1. The number of carboxylic acid groups (broad SMARTS) is 1. The number of nitriles is 1. The van der Waals surface area contributed by atoms with Crippen molar-refractivity contribution in [3.63, 3.8) is 0 Å². The summed E-state index contributed by atoms with van der Waals surface area (Å²) < 4.78 is 28.1. The van der Waals surface area contributed by atoms with E-state index in [1.54, 1.807) is 0 Å². The molecule has 0 saturated heterocycles. The highest BCUT2D eigenvalue weighted by molar-refractivity contribution is 7.91. The Morgan fingerprint density at radius 3 is 2.67 bits per heavy atom. The molecule has 1 aromatic rings. The number of rotatable bonds is 5. The molecule has 0 bridgehead atoms. The minimum Gasteiger partial charge on any atom is -0.496 e. The van der Waals surface area contributed by atoms with Crippen LogP contribution < -0.4 is 4.74 Å². The SMILES string of the molecule is COc1ccc(C#N)cc1CS(=O)(=O)CC(=O)O. The van der Waals surface area contributed by atoms with Crippen LogP contribution in [0.3, 0.4) is 0 Å². The summed E-state index contributed by atoms with van der Waals surface area (Å²) >= 11 is 0. The van der Waals surface area contributed by atoms with Gasteiger partial charge < -0.3 is 9.84 Å². The lowest BCUT2D eigenvalue weighted by atomic mass is 10.1. The molecular formula is C11H11NO5S. The van der Waals surface area contributed by atoms with Gasteiger partial charge in [0.25, 0.3) is 0 Å². The van der Waals surface area contributed by atoms with Crippen LogP contribution in [0.1, 0.15) is 11.1 Å². The van der Waals surface area contributed by atoms with Crippen LogP contribution in [-0.2, 0) is 20.4 Å². The summed E-state index contributed by atoms with van der Waals surface area (Å²) in [6, 6.07) is 6.22. The van der Waals surface area contributed by atoms with E-state index in [-0.39, 0.29) is 11.1 Å². The molecule has 96 valence electrons. The number of benzene rings is 1. The average Bonchev–Trinajstić information content (AvgIpc) is 2.26. The monoisotopic (exact) mass is 269 g/mol. The van der Waals surface area contributed by atoms with Gasteiger partial charge >= 0.3 is 5.97 Å². The number of carboxylic acids is 1. The lowest BCUT2D eigenvalue weighted by molar-refractivity contribution is -0.134. The van der Waals surface area contributed by atoms with Crippen molar-refractivity contribution in [3.05, 3.63) is 29.3 Å². The number of hydrogen-bond acceptors (Lipinski definition) is 5. The molecule has 1 rings (SSSR count). The second-order valence-corrected chi connectivity index (χ2v) is 5.63. The van der Waals surface area contributed by atoms with E-state index in [0.29, 0.717) is 5.75 Å². The standard InChI is InChI=1S/C11H11NO5S/c1-17-10-3-2-8(5-12)4-9(10)6-18(15,16)7-11(13)14/h2-4H,6-7H2,1H3,(H,13,14). The summed E-state index contributed by atoms with van der Waals surface area (Å²) in [5.74, 6) is -2.53. The zero-order valence-electron chi connectivity index (χ0n) is 9.58. The van der Waals surface area contributed by atoms with Gasteiger partial charge in [-0.2, -0.15) is 5.26 Å². The van der Waals surface area contributed by atoms with Crippen LogP contribution in [-0.4, -0.2) is 32.4 Å². The Labute approximate surface area is 104 Å². The average molecular weight is 269 g/mol. The fourth-order valence-electron chi connectivity index (χ4n) is 1.44. The highest BCUT2D eigenvalue weighted by Crippen LogP contribution is 2.22. The minimum absolute atomic E-state index is 0.276. The number of methoxy groups -OCH3 is 1. The molecule has 0 aliphatic carbocycles. The molecule has 1 aromatic carbocycles. The fourth-order valence-corrected chi connectivity index (χ4v) is 2.61. The van der Waals surface area contributed by atoms with Crippen molar-refractivity contribution in [2.75, 3.05) is 12.9 Å². The molecule has 0 fully saturated rings. The smallest absolute Gasteiger partial charge is 0.318 e. The van der Waals surface area contributed by atoms with Gasteiger partial charge in [0.1, 0.15) is 11.5 Å². The van der Waals surface area contributed by atoms with E-state index < -0.39 is 27.3 Å². The van der Waals surface area contributed by atoms with Gasteiger partial charge in [0.05, 0.1) is 24.5 Å². The van der Waals surface area contributed by atoms with Crippen LogP contribution in [0.2, 0.25) is 0 Å². The van der Waals surface area contributed by atoms with Crippen LogP contribution in [0.4, 0.5) is 0 Å². The Balaban J connectivity index is 3.10. The van der Waals surface area contributed by atoms with E-state index in [0.717, 1.165) is 0 Å². The van der Waals surface area contributed by atoms with Gasteiger partial charge in [0.15, 0.2) is 9.84 Å². The first-order valence-electron chi connectivity index (χ1n) is 4.87. The van der Waals surface area contributed by atoms with Gasteiger partial charge in [-0.25, -0.2) is 8.42 Å². The van der Waals surface area contributed by atoms with E-state index in [9.17, 15) is 13.2 Å². The number of nitrogens with zero attached hydrogens (tertiary/aromatic N) is 1. The molecule has 0 amide bonds. The van der Waals surface area contributed by atoms with Crippen molar-refractivity contribution < 1.29 is 23.1 Å². The highest BCUT2D eigenvalue weighted by Gasteiger charge is 2.19. The maximum Gasteiger partial charge on any atom is 0.318 e. The van der Waals surface area contributed by atoms with Gasteiger partial charge in [0, 0.05) is 5.56 Å². The van der Waals surface area contributed by atoms with E-state index in [1.807, 2.05) is 6.07 Å². The van der Waals surface area contributed by atoms with Crippen LogP contribution >= 0.6 is 0 Å². The Morgan fingerprint density at radius 2 is 2.17 bits per heavy atom. The van der Waals surface area contributed by atoms with Crippen molar-refractivity contribution >= 4 is 15.8 Å². The van der Waals surface area contributed by atoms with Crippen molar-refractivity contribution in [1.82, 2.24) is 0 Å². The first-order valence-corrected chi connectivity index (χ1v) is 6.69. The predicted octanol–water partition coefficient (Wildman–Crippen LogP) is 0.566. The summed E-state index contributed by atoms with van der Waals surface area (Å²) in [5, 5.41) is 17.2. The number of aliphatic carboxylic acids is 1. The van der Waals surface area contributed by atoms with E-state index in [4.69, 9.17) is 15.1 Å². The van der Waals surface area contributed by atoms with Crippen LogP contribution in [0, 0.1) is 11.3 Å². The van der Waals surface area contributed by atoms with Crippen molar-refractivity contribution in [2.45, 2.75) is 5.75 Å². The second-order valence-electron chi connectivity index (χ2n) is 3.56. The first-order chi connectivity index (χ1) is 8.38. The Hall–Kier alpha value is -2.07. The largest absolute Gasteiger partial charge is 0.496 e. The fraction of sp³-hybridized carbons (Fsp3) is 0.273. The van der Waals surface area contributed by atoms with E-state index in [1.165, 1.54) is 25.3 Å². The van der Waals surface area contributed by atoms with Crippen LogP contribution in [0.15, 0.2) is 18.2 Å². The number of hydrogen-bond donors (Lipinski definition) is 1. The summed E-state index contributed by atoms with van der Waals surface area (Å²) in [6.45, 7) is 0. The van der Waals surface area contributed by atoms with E-state index >= 15 is 0 Å². The van der Waals surface area contributed by atoms with Crippen LogP contribution in [0.25, 0.3) is 0 Å². The highest BCUT2D eigenvalue weighted by atomic mass is 32.2. The zero-order chi connectivity index (χ0) is 13.8. The maximum atomic E-state index is 11.6. The molecule has 0 heterocycles. The Bertz CT molecular complexity index is 600. The number of sulfone groups is 1. The van der Waals surface area contributed by atoms with Gasteiger partial charge in [-0.15, -0.1) is 0 Å². The minimum atomic E-state index is -3.78. The quantitative estimate of drug-likeness (QED) is 0.837. The molecule has 0 radical (unpaired) electrons. The lowest BCUT2D eigenvalue weighted by Gasteiger charge is -2.08. The zero-order valence-corrected chi connectivity index (χ0v) is 10.4. The molecule has 0 saturated carbocycles. The Morgan fingerprint density at radius 1 is 1.50 bits per heavy atom. The normalized spacial score (nSPS) is 10.7. The van der Waals surface area contributed by atoms with Gasteiger partial charge in [-0.3, -0.25) is 4.79 Å². The summed E-state index contributed by atoms with van der Waals surface area (Å²) in [4.78, 5) is 10.4. The second kappa shape index (κ2) is 5.51. The molecule has 6 nitrogen and oxygen atoms in total. The summed E-state index contributed by atoms with van der Waals surface area (Å²) in [7, 11) is -2.41. The molecule has 0 atom stereocenters. The summed E-state index contributed by atoms with van der Waals surface area (Å²) in [6.07, 6.45) is 0. The summed E-state index contributed by atoms with van der Waals surface area (Å²) in [5.41, 5.74) is 0.564. The lowest BCUT2D eigenvalue weighted by Crippen LogP contribution is -2.17. The van der Waals surface area contributed by atoms with Gasteiger partial charge in [-0.05, 0) is 18.2 Å². The van der Waals surface area contributed by atoms with E-state index in [2.05, 4.69) is 0 Å². The van der Waals surface area contributed by atoms with Crippen molar-refractivity contribution in [3.8, 4) is 11.8 Å². The molecule has 0 spiro atoms. The molecule has 0 aromatic heterocycles.